The van der Waals surface area contributed by atoms with Crippen LogP contribution >= 0.6 is 27.5 Å². The maximum absolute atomic E-state index is 13.5. The number of hydrogen-bond donors (Lipinski definition) is 2. The molecule has 1 aliphatic rings. The third-order valence-electron chi connectivity index (χ3n) is 5.61. The highest BCUT2D eigenvalue weighted by atomic mass is 79.9. The monoisotopic (exact) mass is 556 g/mol. The van der Waals surface area contributed by atoms with Gasteiger partial charge in [0, 0.05) is 41.1 Å². The van der Waals surface area contributed by atoms with E-state index < -0.39 is 5.54 Å². The first-order chi connectivity index (χ1) is 17.0. The van der Waals surface area contributed by atoms with E-state index in [2.05, 4.69) is 21.2 Å². The molecular weight excluding hydrogens is 532 g/mol. The van der Waals surface area contributed by atoms with Crippen LogP contribution in [0.1, 0.15) is 23.1 Å². The van der Waals surface area contributed by atoms with Gasteiger partial charge in [-0.15, -0.1) is 0 Å². The number of ether oxygens (including phenoxy) is 2. The van der Waals surface area contributed by atoms with E-state index in [1.54, 1.807) is 6.07 Å². The average Bonchev–Trinajstić information content (AvgIpc) is 3.30. The van der Waals surface area contributed by atoms with Crippen LogP contribution in [0.2, 0.25) is 5.02 Å². The van der Waals surface area contributed by atoms with Gasteiger partial charge in [-0.1, -0.05) is 51.8 Å². The van der Waals surface area contributed by atoms with Crippen LogP contribution in [-0.4, -0.2) is 42.3 Å². The summed E-state index contributed by atoms with van der Waals surface area (Å²) >= 11 is 9.55. The minimum absolute atomic E-state index is 0.0859. The lowest BCUT2D eigenvalue weighted by molar-refractivity contribution is -0.126. The molecule has 1 heterocycles. The molecular formula is C27H26BrClN2O4. The standard InChI is InChI=1S/C27H26BrClN2O4/c28-22-9-5-19(6-10-22)16-27(26(33)30-17-20-3-1-4-23(29)15-20)18-35-25(31-27)21-7-11-24(12-8-21)34-14-2-13-32/h1,3-12,15,32H,2,13-14,16-18H2,(H,30,33)/t27-/m1/s1. The van der Waals surface area contributed by atoms with E-state index in [9.17, 15) is 4.79 Å². The summed E-state index contributed by atoms with van der Waals surface area (Å²) < 4.78 is 12.5. The SMILES string of the molecule is O=C(NCc1cccc(Cl)c1)[C@@]1(Cc2ccc(Br)cc2)COC(c2ccc(OCCCO)cc2)=N1. The van der Waals surface area contributed by atoms with Gasteiger partial charge in [-0.25, -0.2) is 4.99 Å². The molecule has 0 saturated carbocycles. The Hall–Kier alpha value is -2.87. The van der Waals surface area contributed by atoms with Gasteiger partial charge in [0.1, 0.15) is 12.4 Å². The van der Waals surface area contributed by atoms with Gasteiger partial charge >= 0.3 is 0 Å². The van der Waals surface area contributed by atoms with Crippen molar-refractivity contribution in [3.8, 4) is 5.75 Å². The Morgan fingerprint density at radius 2 is 1.89 bits per heavy atom. The fourth-order valence-electron chi connectivity index (χ4n) is 3.76. The van der Waals surface area contributed by atoms with E-state index in [1.807, 2.05) is 66.7 Å². The van der Waals surface area contributed by atoms with E-state index in [0.29, 0.717) is 42.7 Å². The van der Waals surface area contributed by atoms with Gasteiger partial charge in [-0.2, -0.15) is 0 Å². The lowest BCUT2D eigenvalue weighted by Gasteiger charge is -2.23. The lowest BCUT2D eigenvalue weighted by atomic mass is 9.91. The minimum Gasteiger partial charge on any atom is -0.494 e. The van der Waals surface area contributed by atoms with Gasteiger partial charge in [0.25, 0.3) is 5.91 Å². The van der Waals surface area contributed by atoms with Crippen LogP contribution in [-0.2, 0) is 22.5 Å². The molecule has 4 rings (SSSR count). The van der Waals surface area contributed by atoms with Gasteiger partial charge in [0.15, 0.2) is 5.54 Å². The summed E-state index contributed by atoms with van der Waals surface area (Å²) in [4.78, 5) is 18.3. The van der Waals surface area contributed by atoms with E-state index >= 15 is 0 Å². The molecule has 2 N–H and O–H groups in total. The average molecular weight is 558 g/mol. The van der Waals surface area contributed by atoms with Crippen LogP contribution in [0.5, 0.6) is 5.75 Å². The minimum atomic E-state index is -1.10. The van der Waals surface area contributed by atoms with E-state index in [1.165, 1.54) is 0 Å². The molecule has 3 aromatic rings. The first kappa shape index (κ1) is 25.2. The number of halogens is 2. The Kier molecular flexibility index (Phi) is 8.44. The van der Waals surface area contributed by atoms with Crippen LogP contribution in [0.3, 0.4) is 0 Å². The Bertz CT molecular complexity index is 1180. The second-order valence-electron chi connectivity index (χ2n) is 8.30. The molecule has 35 heavy (non-hydrogen) atoms. The Balaban J connectivity index is 1.55. The largest absolute Gasteiger partial charge is 0.494 e. The molecule has 0 spiro atoms. The molecule has 0 bridgehead atoms. The number of aliphatic hydroxyl groups is 1. The molecule has 3 aromatic carbocycles. The summed E-state index contributed by atoms with van der Waals surface area (Å²) in [7, 11) is 0. The molecule has 1 atom stereocenters. The van der Waals surface area contributed by atoms with Crippen molar-refractivity contribution in [3.05, 3.63) is 99.0 Å². The number of hydrogen-bond acceptors (Lipinski definition) is 5. The normalized spacial score (nSPS) is 16.9. The van der Waals surface area contributed by atoms with Crippen molar-refractivity contribution >= 4 is 39.3 Å². The summed E-state index contributed by atoms with van der Waals surface area (Å²) in [5, 5.41) is 12.5. The molecule has 0 aromatic heterocycles. The number of rotatable bonds is 10. The number of nitrogens with one attached hydrogen (secondary N) is 1. The van der Waals surface area contributed by atoms with Crippen LogP contribution in [0.4, 0.5) is 0 Å². The molecule has 0 fully saturated rings. The number of aliphatic imine (C=N–C) groups is 1. The zero-order chi connectivity index (χ0) is 24.7. The zero-order valence-corrected chi connectivity index (χ0v) is 21.4. The smallest absolute Gasteiger partial charge is 0.252 e. The molecule has 1 amide bonds. The highest BCUT2D eigenvalue weighted by Gasteiger charge is 2.44. The summed E-state index contributed by atoms with van der Waals surface area (Å²) in [6.07, 6.45) is 0.966. The van der Waals surface area contributed by atoms with E-state index in [-0.39, 0.29) is 19.1 Å². The van der Waals surface area contributed by atoms with Crippen LogP contribution in [0, 0.1) is 0 Å². The van der Waals surface area contributed by atoms with Crippen molar-refractivity contribution in [3.63, 3.8) is 0 Å². The van der Waals surface area contributed by atoms with Crippen LogP contribution in [0.15, 0.2) is 82.3 Å². The molecule has 0 aliphatic carbocycles. The predicted octanol–water partition coefficient (Wildman–Crippen LogP) is 4.94. The first-order valence-corrected chi connectivity index (χ1v) is 12.5. The summed E-state index contributed by atoms with van der Waals surface area (Å²) in [5.74, 6) is 0.905. The third-order valence-corrected chi connectivity index (χ3v) is 6.37. The maximum Gasteiger partial charge on any atom is 0.252 e. The number of carbonyl (C=O) groups is 1. The van der Waals surface area contributed by atoms with Crippen LogP contribution < -0.4 is 10.1 Å². The topological polar surface area (TPSA) is 80.2 Å². The van der Waals surface area contributed by atoms with Crippen molar-refractivity contribution in [2.75, 3.05) is 19.8 Å². The highest BCUT2D eigenvalue weighted by Crippen LogP contribution is 2.28. The Morgan fingerprint density at radius 3 is 2.60 bits per heavy atom. The van der Waals surface area contributed by atoms with Crippen molar-refractivity contribution in [1.82, 2.24) is 5.32 Å². The lowest BCUT2D eigenvalue weighted by Crippen LogP contribution is -2.48. The Morgan fingerprint density at radius 1 is 1.11 bits per heavy atom. The maximum atomic E-state index is 13.5. The quantitative estimate of drug-likeness (QED) is 0.346. The highest BCUT2D eigenvalue weighted by molar-refractivity contribution is 9.10. The number of benzene rings is 3. The van der Waals surface area contributed by atoms with E-state index in [0.717, 1.165) is 21.2 Å². The fraction of sp³-hybridized carbons (Fsp3) is 0.259. The van der Waals surface area contributed by atoms with Gasteiger partial charge in [0.05, 0.1) is 6.61 Å². The number of amides is 1. The summed E-state index contributed by atoms with van der Waals surface area (Å²) in [6, 6.07) is 22.6. The predicted molar refractivity (Wildman–Crippen MR) is 140 cm³/mol. The molecule has 182 valence electrons. The molecule has 0 unspecified atom stereocenters. The van der Waals surface area contributed by atoms with Crippen molar-refractivity contribution in [2.24, 2.45) is 4.99 Å². The third kappa shape index (κ3) is 6.63. The van der Waals surface area contributed by atoms with Gasteiger partial charge in [-0.3, -0.25) is 4.79 Å². The van der Waals surface area contributed by atoms with E-state index in [4.69, 9.17) is 31.2 Å². The molecule has 6 nitrogen and oxygen atoms in total. The van der Waals surface area contributed by atoms with Crippen molar-refractivity contribution < 1.29 is 19.4 Å². The second kappa shape index (κ2) is 11.7. The van der Waals surface area contributed by atoms with Gasteiger partial charge in [0.2, 0.25) is 5.90 Å². The summed E-state index contributed by atoms with van der Waals surface area (Å²) in [5.41, 5.74) is 1.55. The zero-order valence-electron chi connectivity index (χ0n) is 19.0. The van der Waals surface area contributed by atoms with Gasteiger partial charge in [-0.05, 0) is 59.7 Å². The van der Waals surface area contributed by atoms with Crippen LogP contribution in [0.25, 0.3) is 0 Å². The molecule has 0 saturated heterocycles. The first-order valence-electron chi connectivity index (χ1n) is 11.3. The van der Waals surface area contributed by atoms with Crippen molar-refractivity contribution in [2.45, 2.75) is 24.9 Å². The number of carbonyl (C=O) groups excluding carboxylic acids is 1. The second-order valence-corrected chi connectivity index (χ2v) is 9.66. The number of nitrogens with zero attached hydrogens (tertiary/aromatic N) is 1. The molecule has 8 heteroatoms. The Labute approximate surface area is 218 Å². The fourth-order valence-corrected chi connectivity index (χ4v) is 4.24. The molecule has 0 radical (unpaired) electrons. The number of aliphatic hydroxyl groups excluding tert-OH is 1. The summed E-state index contributed by atoms with van der Waals surface area (Å²) in [6.45, 7) is 1.000. The van der Waals surface area contributed by atoms with Gasteiger partial charge < -0.3 is 19.9 Å². The molecule has 1 aliphatic heterocycles. The van der Waals surface area contributed by atoms with Crippen molar-refractivity contribution in [1.29, 1.82) is 0 Å².